The number of carboxylic acids is 1. The highest BCUT2D eigenvalue weighted by molar-refractivity contribution is 5.95. The number of carbonyl (C=O) groups is 1. The van der Waals surface area contributed by atoms with Crippen molar-refractivity contribution in [2.24, 2.45) is 0 Å². The molecule has 0 saturated heterocycles. The number of para-hydroxylation sites is 1. The molecule has 20 heavy (non-hydrogen) atoms. The van der Waals surface area contributed by atoms with Crippen LogP contribution in [0.4, 0.5) is 0 Å². The number of aromatic carboxylic acids is 1. The van der Waals surface area contributed by atoms with Gasteiger partial charge in [-0.3, -0.25) is 0 Å². The molecule has 0 amide bonds. The second-order valence-electron chi connectivity index (χ2n) is 4.27. The van der Waals surface area contributed by atoms with Gasteiger partial charge < -0.3 is 9.84 Å². The summed E-state index contributed by atoms with van der Waals surface area (Å²) in [4.78, 5) is 15.2. The lowest BCUT2D eigenvalue weighted by atomic mass is 10.1. The lowest BCUT2D eigenvalue weighted by molar-refractivity contribution is 0.0697. The number of carboxylic acid groups (broad SMARTS) is 1. The molecule has 0 aliphatic rings. The number of ether oxygens (including phenoxy) is 1. The van der Waals surface area contributed by atoms with Gasteiger partial charge >= 0.3 is 5.97 Å². The van der Waals surface area contributed by atoms with Crippen LogP contribution in [0, 0.1) is 0 Å². The van der Waals surface area contributed by atoms with Crippen molar-refractivity contribution in [2.45, 2.75) is 0 Å². The summed E-state index contributed by atoms with van der Waals surface area (Å²) in [5, 5.41) is 10.6. The quantitative estimate of drug-likeness (QED) is 0.784. The Labute approximate surface area is 115 Å². The molecule has 98 valence electrons. The third-order valence-electron chi connectivity index (χ3n) is 2.93. The Hall–Kier alpha value is -2.88. The Bertz CT molecular complexity index is 769. The maximum Gasteiger partial charge on any atom is 0.335 e. The summed E-state index contributed by atoms with van der Waals surface area (Å²) in [5.74, 6) is 0.203. The molecule has 0 bridgehead atoms. The molecule has 0 saturated carbocycles. The summed E-state index contributed by atoms with van der Waals surface area (Å²) in [6.45, 7) is 0. The molecule has 4 heteroatoms. The molecule has 0 radical (unpaired) electrons. The van der Waals surface area contributed by atoms with E-state index in [1.54, 1.807) is 30.5 Å². The Morgan fingerprint density at radius 3 is 2.60 bits per heavy atom. The molecular formula is C16H11NO3. The molecule has 0 spiro atoms. The second kappa shape index (κ2) is 5.01. The molecule has 0 aliphatic carbocycles. The minimum Gasteiger partial charge on any atom is -0.478 e. The van der Waals surface area contributed by atoms with Gasteiger partial charge in [-0.2, -0.15) is 0 Å². The molecule has 1 N–H and O–H groups in total. The SMILES string of the molecule is O=C(O)c1ccc2c(Oc3ccccc3)nccc2c1. The molecule has 2 aromatic carbocycles. The van der Waals surface area contributed by atoms with Crippen molar-refractivity contribution in [3.63, 3.8) is 0 Å². The largest absolute Gasteiger partial charge is 0.478 e. The zero-order valence-electron chi connectivity index (χ0n) is 10.5. The van der Waals surface area contributed by atoms with Gasteiger partial charge in [-0.15, -0.1) is 0 Å². The van der Waals surface area contributed by atoms with E-state index in [1.807, 2.05) is 30.3 Å². The lowest BCUT2D eigenvalue weighted by Crippen LogP contribution is -1.96. The van der Waals surface area contributed by atoms with Crippen LogP contribution >= 0.6 is 0 Å². The third-order valence-corrected chi connectivity index (χ3v) is 2.93. The molecule has 0 unspecified atom stereocenters. The number of pyridine rings is 1. The van der Waals surface area contributed by atoms with Gasteiger partial charge in [0.25, 0.3) is 0 Å². The summed E-state index contributed by atoms with van der Waals surface area (Å²) in [6.07, 6.45) is 1.60. The highest BCUT2D eigenvalue weighted by Crippen LogP contribution is 2.28. The molecule has 1 aromatic heterocycles. The van der Waals surface area contributed by atoms with Crippen molar-refractivity contribution >= 4 is 16.7 Å². The van der Waals surface area contributed by atoms with E-state index >= 15 is 0 Å². The maximum atomic E-state index is 11.0. The van der Waals surface area contributed by atoms with Crippen LogP contribution in [-0.4, -0.2) is 16.1 Å². The van der Waals surface area contributed by atoms with Gasteiger partial charge in [-0.25, -0.2) is 9.78 Å². The predicted octanol–water partition coefficient (Wildman–Crippen LogP) is 3.73. The Morgan fingerprint density at radius 1 is 1.05 bits per heavy atom. The van der Waals surface area contributed by atoms with E-state index in [0.717, 1.165) is 10.8 Å². The number of aromatic nitrogens is 1. The first kappa shape index (κ1) is 12.2. The summed E-state index contributed by atoms with van der Waals surface area (Å²) < 4.78 is 5.73. The van der Waals surface area contributed by atoms with Crippen LogP contribution in [0.25, 0.3) is 10.8 Å². The molecule has 1 heterocycles. The van der Waals surface area contributed by atoms with Crippen LogP contribution in [0.3, 0.4) is 0 Å². The molecule has 0 fully saturated rings. The minimum atomic E-state index is -0.950. The number of hydrogen-bond donors (Lipinski definition) is 1. The zero-order chi connectivity index (χ0) is 13.9. The van der Waals surface area contributed by atoms with E-state index in [-0.39, 0.29) is 5.56 Å². The monoisotopic (exact) mass is 265 g/mol. The lowest BCUT2D eigenvalue weighted by Gasteiger charge is -2.08. The van der Waals surface area contributed by atoms with Crippen LogP contribution in [0.5, 0.6) is 11.6 Å². The van der Waals surface area contributed by atoms with E-state index in [4.69, 9.17) is 9.84 Å². The molecule has 0 aliphatic heterocycles. The van der Waals surface area contributed by atoms with Crippen LogP contribution in [0.2, 0.25) is 0 Å². The van der Waals surface area contributed by atoms with E-state index < -0.39 is 5.97 Å². The fourth-order valence-corrected chi connectivity index (χ4v) is 1.96. The third kappa shape index (κ3) is 2.31. The number of rotatable bonds is 3. The normalized spacial score (nSPS) is 10.4. The van der Waals surface area contributed by atoms with Crippen LogP contribution < -0.4 is 4.74 Å². The minimum absolute atomic E-state index is 0.245. The fraction of sp³-hybridized carbons (Fsp3) is 0. The van der Waals surface area contributed by atoms with Crippen molar-refractivity contribution in [1.82, 2.24) is 4.98 Å². The van der Waals surface area contributed by atoms with Crippen molar-refractivity contribution in [2.75, 3.05) is 0 Å². The van der Waals surface area contributed by atoms with Gasteiger partial charge in [0, 0.05) is 11.6 Å². The smallest absolute Gasteiger partial charge is 0.335 e. The number of hydrogen-bond acceptors (Lipinski definition) is 3. The molecule has 3 rings (SSSR count). The first-order valence-electron chi connectivity index (χ1n) is 6.09. The number of benzene rings is 2. The van der Waals surface area contributed by atoms with E-state index in [9.17, 15) is 4.79 Å². The van der Waals surface area contributed by atoms with Gasteiger partial charge in [0.2, 0.25) is 5.88 Å². The average Bonchev–Trinajstić information content (AvgIpc) is 2.48. The second-order valence-corrected chi connectivity index (χ2v) is 4.27. The van der Waals surface area contributed by atoms with E-state index in [2.05, 4.69) is 4.98 Å². The topological polar surface area (TPSA) is 59.4 Å². The Kier molecular flexibility index (Phi) is 3.05. The average molecular weight is 265 g/mol. The Balaban J connectivity index is 2.06. The van der Waals surface area contributed by atoms with Gasteiger partial charge in [0.1, 0.15) is 5.75 Å². The number of nitrogens with zero attached hydrogens (tertiary/aromatic N) is 1. The standard InChI is InChI=1S/C16H11NO3/c18-16(19)12-6-7-14-11(10-12)8-9-17-15(14)20-13-4-2-1-3-5-13/h1-10H,(H,18,19). The van der Waals surface area contributed by atoms with E-state index in [1.165, 1.54) is 0 Å². The maximum absolute atomic E-state index is 11.0. The van der Waals surface area contributed by atoms with Gasteiger partial charge in [0.05, 0.1) is 5.56 Å². The fourth-order valence-electron chi connectivity index (χ4n) is 1.96. The highest BCUT2D eigenvalue weighted by Gasteiger charge is 2.08. The summed E-state index contributed by atoms with van der Waals surface area (Å²) in [6, 6.07) is 16.0. The molecular weight excluding hydrogens is 254 g/mol. The first-order chi connectivity index (χ1) is 9.74. The van der Waals surface area contributed by atoms with Crippen LogP contribution in [0.15, 0.2) is 60.8 Å². The van der Waals surface area contributed by atoms with Crippen molar-refractivity contribution < 1.29 is 14.6 Å². The van der Waals surface area contributed by atoms with Crippen molar-refractivity contribution in [3.8, 4) is 11.6 Å². The van der Waals surface area contributed by atoms with Crippen molar-refractivity contribution in [3.05, 3.63) is 66.4 Å². The van der Waals surface area contributed by atoms with Crippen LogP contribution in [-0.2, 0) is 0 Å². The van der Waals surface area contributed by atoms with E-state index in [0.29, 0.717) is 11.6 Å². The summed E-state index contributed by atoms with van der Waals surface area (Å²) in [7, 11) is 0. The Morgan fingerprint density at radius 2 is 1.85 bits per heavy atom. The van der Waals surface area contributed by atoms with Gasteiger partial charge in [-0.1, -0.05) is 18.2 Å². The van der Waals surface area contributed by atoms with Crippen molar-refractivity contribution in [1.29, 1.82) is 0 Å². The predicted molar refractivity (Wildman–Crippen MR) is 75.2 cm³/mol. The van der Waals surface area contributed by atoms with Crippen LogP contribution in [0.1, 0.15) is 10.4 Å². The van der Waals surface area contributed by atoms with Gasteiger partial charge in [-0.05, 0) is 41.8 Å². The summed E-state index contributed by atoms with van der Waals surface area (Å²) in [5.41, 5.74) is 0.245. The molecule has 3 aromatic rings. The highest BCUT2D eigenvalue weighted by atomic mass is 16.5. The van der Waals surface area contributed by atoms with Gasteiger partial charge in [0.15, 0.2) is 0 Å². The summed E-state index contributed by atoms with van der Waals surface area (Å²) >= 11 is 0. The molecule has 4 nitrogen and oxygen atoms in total. The first-order valence-corrected chi connectivity index (χ1v) is 6.09. The molecule has 0 atom stereocenters. The number of fused-ring (bicyclic) bond motifs is 1. The zero-order valence-corrected chi connectivity index (χ0v) is 10.5.